The van der Waals surface area contributed by atoms with E-state index in [0.29, 0.717) is 0 Å². The van der Waals surface area contributed by atoms with Crippen LogP contribution in [0.4, 0.5) is 0 Å². The van der Waals surface area contributed by atoms with E-state index in [2.05, 4.69) is 46.0 Å². The van der Waals surface area contributed by atoms with E-state index in [9.17, 15) is 0 Å². The topological polar surface area (TPSA) is 0 Å². The minimum atomic E-state index is -1.45. The van der Waals surface area contributed by atoms with Crippen LogP contribution in [-0.4, -0.2) is 53.1 Å². The molecule has 0 aliphatic carbocycles. The standard InChI is InChI=1S/C28H64Ge4/c1-29(2)21-13-9-15-23-30(3,4)25-17-11-19-27-32(7,8)28-20-12-18-26-31(5,6)24-16-10-14-22-29/h9-28H2,1-8H3. The first kappa shape index (κ1) is 32.2. The molecule has 1 rings (SSSR count). The van der Waals surface area contributed by atoms with E-state index < -0.39 is 53.1 Å². The van der Waals surface area contributed by atoms with E-state index in [1.807, 2.05) is 0 Å². The SMILES string of the molecule is [CH3][Ge]1([CH3])[CH2]CCC[CH2][Ge]([CH3])([CH3])[CH2]CCC[CH2][Ge]([CH3])([CH3])[CH2]CCC[CH2][Ge]([CH3])([CH3])[CH2]CCC[CH2]1. The molecule has 0 saturated carbocycles. The predicted molar refractivity (Wildman–Crippen MR) is 164 cm³/mol. The summed E-state index contributed by atoms with van der Waals surface area (Å²) >= 11 is -5.79. The van der Waals surface area contributed by atoms with Crippen LogP contribution in [0.2, 0.25) is 88.1 Å². The van der Waals surface area contributed by atoms with Gasteiger partial charge in [0, 0.05) is 0 Å². The van der Waals surface area contributed by atoms with Crippen LogP contribution in [0.1, 0.15) is 77.0 Å². The van der Waals surface area contributed by atoms with Crippen molar-refractivity contribution in [3.8, 4) is 0 Å². The molecule has 0 aromatic carbocycles. The van der Waals surface area contributed by atoms with Crippen LogP contribution in [-0.2, 0) is 0 Å². The fourth-order valence-electron chi connectivity index (χ4n) is 6.04. The molecule has 0 nitrogen and oxygen atoms in total. The van der Waals surface area contributed by atoms with Gasteiger partial charge in [-0.1, -0.05) is 0 Å². The Kier molecular flexibility index (Phi) is 16.2. The third-order valence-electron chi connectivity index (χ3n) is 8.83. The zero-order valence-electron chi connectivity index (χ0n) is 24.1. The average molecular weight is 691 g/mol. The second-order valence-corrected chi connectivity index (χ2v) is 59.6. The summed E-state index contributed by atoms with van der Waals surface area (Å²) in [6.07, 6.45) is 18.7. The molecule has 0 radical (unpaired) electrons. The molecule has 0 bridgehead atoms. The van der Waals surface area contributed by atoms with Crippen LogP contribution in [0, 0.1) is 0 Å². The van der Waals surface area contributed by atoms with E-state index in [4.69, 9.17) is 0 Å². The molecule has 0 spiro atoms. The van der Waals surface area contributed by atoms with Crippen LogP contribution in [0.3, 0.4) is 0 Å². The third kappa shape index (κ3) is 17.6. The summed E-state index contributed by atoms with van der Waals surface area (Å²) in [7, 11) is 0. The van der Waals surface area contributed by atoms with Gasteiger partial charge in [0.05, 0.1) is 0 Å². The van der Waals surface area contributed by atoms with Gasteiger partial charge in [-0.25, -0.2) is 0 Å². The summed E-state index contributed by atoms with van der Waals surface area (Å²) in [5.74, 6) is 21.9. The summed E-state index contributed by atoms with van der Waals surface area (Å²) in [6.45, 7) is 0. The van der Waals surface area contributed by atoms with Crippen LogP contribution in [0.15, 0.2) is 0 Å². The van der Waals surface area contributed by atoms with Gasteiger partial charge in [0.25, 0.3) is 0 Å². The Bertz CT molecular complexity index is 362. The van der Waals surface area contributed by atoms with Crippen molar-refractivity contribution < 1.29 is 0 Å². The second kappa shape index (κ2) is 16.1. The first-order valence-electron chi connectivity index (χ1n) is 14.8. The number of rotatable bonds is 0. The number of hydrogen-bond donors (Lipinski definition) is 0. The zero-order chi connectivity index (χ0) is 24.1. The molecule has 1 aliphatic rings. The van der Waals surface area contributed by atoms with Crippen molar-refractivity contribution >= 4 is 53.1 Å². The van der Waals surface area contributed by atoms with Crippen LogP contribution >= 0.6 is 0 Å². The van der Waals surface area contributed by atoms with E-state index in [-0.39, 0.29) is 0 Å². The average Bonchev–Trinajstić information content (AvgIpc) is 2.65. The molecule has 0 unspecified atom stereocenters. The molecule has 1 heterocycles. The molecule has 0 N–H and O–H groups in total. The maximum atomic E-state index is 2.73. The van der Waals surface area contributed by atoms with E-state index >= 15 is 0 Å². The first-order chi connectivity index (χ1) is 14.8. The van der Waals surface area contributed by atoms with Gasteiger partial charge < -0.3 is 0 Å². The molecule has 0 aromatic heterocycles. The summed E-state index contributed by atoms with van der Waals surface area (Å²) in [4.78, 5) is 0. The molecule has 1 fully saturated rings. The zero-order valence-corrected chi connectivity index (χ0v) is 32.5. The van der Waals surface area contributed by atoms with Gasteiger partial charge in [-0.15, -0.1) is 0 Å². The van der Waals surface area contributed by atoms with Crippen molar-refractivity contribution in [1.29, 1.82) is 0 Å². The Morgan fingerprint density at radius 1 is 0.219 bits per heavy atom. The molecular formula is C28H64Ge4. The Labute approximate surface area is 216 Å². The summed E-state index contributed by atoms with van der Waals surface area (Å²) < 4.78 is 0. The monoisotopic (exact) mass is 696 g/mol. The Morgan fingerprint density at radius 2 is 0.344 bits per heavy atom. The van der Waals surface area contributed by atoms with E-state index in [1.54, 1.807) is 119 Å². The van der Waals surface area contributed by atoms with Crippen LogP contribution < -0.4 is 0 Å². The minimum absolute atomic E-state index is 1.45. The van der Waals surface area contributed by atoms with Crippen molar-refractivity contribution in [2.24, 2.45) is 0 Å². The fraction of sp³-hybridized carbons (Fsp3) is 1.00. The van der Waals surface area contributed by atoms with Gasteiger partial charge in [0.1, 0.15) is 0 Å². The van der Waals surface area contributed by atoms with Gasteiger partial charge in [-0.3, -0.25) is 0 Å². The Hall–Kier alpha value is 2.17. The quantitative estimate of drug-likeness (QED) is 0.222. The molecule has 1 aliphatic heterocycles. The molecule has 1 saturated heterocycles. The van der Waals surface area contributed by atoms with Crippen molar-refractivity contribution in [2.45, 2.75) is 165 Å². The molecule has 32 heavy (non-hydrogen) atoms. The molecular weight excluding hydrogens is 627 g/mol. The van der Waals surface area contributed by atoms with Crippen LogP contribution in [0.25, 0.3) is 0 Å². The third-order valence-corrected chi connectivity index (χ3v) is 37.5. The molecule has 0 atom stereocenters. The summed E-state index contributed by atoms with van der Waals surface area (Å²) in [5, 5.41) is 13.2. The van der Waals surface area contributed by atoms with Crippen molar-refractivity contribution in [3.05, 3.63) is 0 Å². The summed E-state index contributed by atoms with van der Waals surface area (Å²) in [5.41, 5.74) is 0. The fourth-order valence-corrected chi connectivity index (χ4v) is 28.4. The molecule has 0 aromatic rings. The predicted octanol–water partition coefficient (Wildman–Crippen LogP) is 11.5. The Balaban J connectivity index is 2.52. The number of hydrogen-bond acceptors (Lipinski definition) is 0. The van der Waals surface area contributed by atoms with Gasteiger partial charge in [-0.05, 0) is 0 Å². The molecule has 0 amide bonds. The van der Waals surface area contributed by atoms with E-state index in [0.717, 1.165) is 0 Å². The normalized spacial score (nSPS) is 27.8. The van der Waals surface area contributed by atoms with Crippen molar-refractivity contribution in [3.63, 3.8) is 0 Å². The van der Waals surface area contributed by atoms with Crippen molar-refractivity contribution in [2.75, 3.05) is 0 Å². The van der Waals surface area contributed by atoms with E-state index in [1.165, 1.54) is 0 Å². The van der Waals surface area contributed by atoms with Gasteiger partial charge in [0.2, 0.25) is 0 Å². The van der Waals surface area contributed by atoms with Gasteiger partial charge in [0.15, 0.2) is 0 Å². The van der Waals surface area contributed by atoms with Crippen LogP contribution in [0.5, 0.6) is 0 Å². The van der Waals surface area contributed by atoms with Crippen molar-refractivity contribution in [1.82, 2.24) is 0 Å². The second-order valence-electron chi connectivity index (χ2n) is 14.9. The van der Waals surface area contributed by atoms with Gasteiger partial charge in [-0.2, -0.15) is 0 Å². The summed E-state index contributed by atoms with van der Waals surface area (Å²) in [6, 6.07) is 0. The maximum absolute atomic E-state index is 2.73. The van der Waals surface area contributed by atoms with Gasteiger partial charge >= 0.3 is 218 Å². The first-order valence-corrected chi connectivity index (χ1v) is 43.5. The molecule has 192 valence electrons. The Morgan fingerprint density at radius 3 is 0.469 bits per heavy atom. The molecule has 4 heteroatoms.